The van der Waals surface area contributed by atoms with E-state index in [4.69, 9.17) is 4.74 Å². The van der Waals surface area contributed by atoms with Gasteiger partial charge in [-0.05, 0) is 18.9 Å². The Morgan fingerprint density at radius 1 is 1.21 bits per heavy atom. The van der Waals surface area contributed by atoms with E-state index in [0.29, 0.717) is 18.6 Å². The molecule has 0 heterocycles. The number of hydrogen-bond donors (Lipinski definition) is 1. The average molecular weight is 275 g/mol. The third-order valence-electron chi connectivity index (χ3n) is 2.88. The molecule has 0 amide bonds. The average Bonchev–Trinajstić information content (AvgIpc) is 2.35. The third kappa shape index (κ3) is 6.59. The lowest BCUT2D eigenvalue weighted by molar-refractivity contribution is -0.140. The lowest BCUT2D eigenvalue weighted by atomic mass is 10.0. The molecule has 0 fully saturated rings. The zero-order chi connectivity index (χ0) is 14.3. The number of halogens is 3. The van der Waals surface area contributed by atoms with Crippen molar-refractivity contribution < 1.29 is 17.9 Å². The summed E-state index contributed by atoms with van der Waals surface area (Å²) in [5.74, 6) is 0. The van der Waals surface area contributed by atoms with Crippen molar-refractivity contribution in [3.63, 3.8) is 0 Å². The minimum atomic E-state index is -4.19. The van der Waals surface area contributed by atoms with E-state index < -0.39 is 18.6 Å². The Balaban J connectivity index is 2.70. The first-order chi connectivity index (χ1) is 8.92. The topological polar surface area (TPSA) is 21.3 Å². The molecule has 0 bridgehead atoms. The predicted molar refractivity (Wildman–Crippen MR) is 68.9 cm³/mol. The Kier molecular flexibility index (Phi) is 6.31. The molecular formula is C14H20F3NO. The van der Waals surface area contributed by atoms with Gasteiger partial charge in [-0.3, -0.25) is 0 Å². The fraction of sp³-hybridized carbons (Fsp3) is 0.571. The van der Waals surface area contributed by atoms with Gasteiger partial charge < -0.3 is 10.1 Å². The maximum absolute atomic E-state index is 12.6. The van der Waals surface area contributed by atoms with Crippen molar-refractivity contribution in [2.75, 3.05) is 13.7 Å². The standard InChI is InChI=1S/C14H20F3NO/c1-11(8-9-19-2)18-13(10-14(15,16)17)12-6-4-3-5-7-12/h3-7,11,13,18H,8-10H2,1-2H3. The van der Waals surface area contributed by atoms with Crippen LogP contribution < -0.4 is 5.32 Å². The van der Waals surface area contributed by atoms with Crippen LogP contribution in [0.2, 0.25) is 0 Å². The Bertz CT molecular complexity index is 353. The van der Waals surface area contributed by atoms with Gasteiger partial charge in [0.2, 0.25) is 0 Å². The summed E-state index contributed by atoms with van der Waals surface area (Å²) >= 11 is 0. The van der Waals surface area contributed by atoms with Gasteiger partial charge in [0.1, 0.15) is 0 Å². The molecule has 0 saturated heterocycles. The van der Waals surface area contributed by atoms with Crippen molar-refractivity contribution in [1.29, 1.82) is 0 Å². The summed E-state index contributed by atoms with van der Waals surface area (Å²) in [7, 11) is 1.58. The number of alkyl halides is 3. The van der Waals surface area contributed by atoms with Gasteiger partial charge in [0, 0.05) is 25.8 Å². The molecule has 1 rings (SSSR count). The first-order valence-electron chi connectivity index (χ1n) is 6.29. The smallest absolute Gasteiger partial charge is 0.385 e. The SMILES string of the molecule is COCCC(C)NC(CC(F)(F)F)c1ccccc1. The molecule has 1 N–H and O–H groups in total. The van der Waals surface area contributed by atoms with Crippen molar-refractivity contribution >= 4 is 0 Å². The number of methoxy groups -OCH3 is 1. The normalized spacial score (nSPS) is 15.2. The molecule has 1 aromatic rings. The molecule has 108 valence electrons. The van der Waals surface area contributed by atoms with E-state index >= 15 is 0 Å². The van der Waals surface area contributed by atoms with Crippen LogP contribution in [0.3, 0.4) is 0 Å². The van der Waals surface area contributed by atoms with E-state index in [1.807, 2.05) is 6.92 Å². The number of rotatable bonds is 7. The third-order valence-corrected chi connectivity index (χ3v) is 2.88. The minimum absolute atomic E-state index is 0.0347. The Morgan fingerprint density at radius 2 is 1.84 bits per heavy atom. The molecule has 1 aromatic carbocycles. The molecule has 2 unspecified atom stereocenters. The summed E-state index contributed by atoms with van der Waals surface area (Å²) in [6, 6.07) is 7.97. The van der Waals surface area contributed by atoms with E-state index in [0.717, 1.165) is 0 Å². The van der Waals surface area contributed by atoms with E-state index in [1.165, 1.54) is 0 Å². The predicted octanol–water partition coefficient (Wildman–Crippen LogP) is 3.69. The van der Waals surface area contributed by atoms with Crippen molar-refractivity contribution in [2.45, 2.75) is 38.0 Å². The second-order valence-corrected chi connectivity index (χ2v) is 4.63. The lowest BCUT2D eigenvalue weighted by Gasteiger charge is -2.24. The zero-order valence-electron chi connectivity index (χ0n) is 11.2. The van der Waals surface area contributed by atoms with Gasteiger partial charge in [0.25, 0.3) is 0 Å². The van der Waals surface area contributed by atoms with Crippen molar-refractivity contribution in [2.24, 2.45) is 0 Å². The maximum atomic E-state index is 12.6. The summed E-state index contributed by atoms with van der Waals surface area (Å²) in [5.41, 5.74) is 0.657. The summed E-state index contributed by atoms with van der Waals surface area (Å²) in [4.78, 5) is 0. The number of hydrogen-bond acceptors (Lipinski definition) is 2. The molecule has 2 nitrogen and oxygen atoms in total. The van der Waals surface area contributed by atoms with Gasteiger partial charge >= 0.3 is 6.18 Å². The van der Waals surface area contributed by atoms with E-state index in [9.17, 15) is 13.2 Å². The van der Waals surface area contributed by atoms with Gasteiger partial charge in [-0.1, -0.05) is 30.3 Å². The number of ether oxygens (including phenoxy) is 1. The van der Waals surface area contributed by atoms with Crippen molar-refractivity contribution in [3.05, 3.63) is 35.9 Å². The van der Waals surface area contributed by atoms with Gasteiger partial charge in [0.15, 0.2) is 0 Å². The quantitative estimate of drug-likeness (QED) is 0.819. The van der Waals surface area contributed by atoms with Crippen molar-refractivity contribution in [1.82, 2.24) is 5.32 Å². The van der Waals surface area contributed by atoms with Crippen LogP contribution in [0.4, 0.5) is 13.2 Å². The van der Waals surface area contributed by atoms with Gasteiger partial charge in [-0.2, -0.15) is 13.2 Å². The van der Waals surface area contributed by atoms with Crippen molar-refractivity contribution in [3.8, 4) is 0 Å². The first-order valence-corrected chi connectivity index (χ1v) is 6.29. The monoisotopic (exact) mass is 275 g/mol. The molecule has 0 aliphatic rings. The van der Waals surface area contributed by atoms with Crippen LogP contribution in [0.1, 0.15) is 31.4 Å². The van der Waals surface area contributed by atoms with Crippen LogP contribution in [0.25, 0.3) is 0 Å². The molecule has 0 spiro atoms. The Morgan fingerprint density at radius 3 is 2.37 bits per heavy atom. The fourth-order valence-corrected chi connectivity index (χ4v) is 1.91. The molecule has 0 aliphatic heterocycles. The second kappa shape index (κ2) is 7.50. The minimum Gasteiger partial charge on any atom is -0.385 e. The zero-order valence-corrected chi connectivity index (χ0v) is 11.2. The van der Waals surface area contributed by atoms with E-state index in [2.05, 4.69) is 5.32 Å². The fourth-order valence-electron chi connectivity index (χ4n) is 1.91. The largest absolute Gasteiger partial charge is 0.390 e. The molecule has 0 aromatic heterocycles. The Labute approximate surface area is 112 Å². The second-order valence-electron chi connectivity index (χ2n) is 4.63. The summed E-state index contributed by atoms with van der Waals surface area (Å²) in [5, 5.41) is 3.02. The van der Waals surface area contributed by atoms with Gasteiger partial charge in [-0.25, -0.2) is 0 Å². The number of nitrogens with one attached hydrogen (secondary N) is 1. The first kappa shape index (κ1) is 16.0. The molecule has 0 saturated carbocycles. The summed E-state index contributed by atoms with van der Waals surface area (Å²) < 4.78 is 42.8. The molecule has 0 aliphatic carbocycles. The summed E-state index contributed by atoms with van der Waals surface area (Å²) in [6.45, 7) is 2.40. The highest BCUT2D eigenvalue weighted by atomic mass is 19.4. The lowest BCUT2D eigenvalue weighted by Crippen LogP contribution is -2.34. The molecule has 0 radical (unpaired) electrons. The highest BCUT2D eigenvalue weighted by Crippen LogP contribution is 2.29. The molecule has 2 atom stereocenters. The van der Waals surface area contributed by atoms with Crippen LogP contribution in [-0.2, 0) is 4.74 Å². The molecular weight excluding hydrogens is 255 g/mol. The highest BCUT2D eigenvalue weighted by molar-refractivity contribution is 5.19. The summed E-state index contributed by atoms with van der Waals surface area (Å²) in [6.07, 6.45) is -4.37. The highest BCUT2D eigenvalue weighted by Gasteiger charge is 2.33. The van der Waals surface area contributed by atoms with Crippen LogP contribution >= 0.6 is 0 Å². The van der Waals surface area contributed by atoms with Crippen LogP contribution in [0.15, 0.2) is 30.3 Å². The van der Waals surface area contributed by atoms with Crippen LogP contribution in [0, 0.1) is 0 Å². The van der Waals surface area contributed by atoms with E-state index in [1.54, 1.807) is 37.4 Å². The van der Waals surface area contributed by atoms with E-state index in [-0.39, 0.29) is 6.04 Å². The molecule has 5 heteroatoms. The number of benzene rings is 1. The van der Waals surface area contributed by atoms with Gasteiger partial charge in [-0.15, -0.1) is 0 Å². The maximum Gasteiger partial charge on any atom is 0.390 e. The Hall–Kier alpha value is -1.07. The van der Waals surface area contributed by atoms with Crippen LogP contribution in [0.5, 0.6) is 0 Å². The van der Waals surface area contributed by atoms with Crippen LogP contribution in [-0.4, -0.2) is 25.9 Å². The van der Waals surface area contributed by atoms with Gasteiger partial charge in [0.05, 0.1) is 6.42 Å². The molecule has 19 heavy (non-hydrogen) atoms.